The van der Waals surface area contributed by atoms with E-state index in [1.807, 2.05) is 32.0 Å². The minimum absolute atomic E-state index is 0.181. The Morgan fingerprint density at radius 3 is 2.52 bits per heavy atom. The maximum Gasteiger partial charge on any atom is 0.272 e. The van der Waals surface area contributed by atoms with Gasteiger partial charge in [-0.05, 0) is 43.2 Å². The first-order valence-electron chi connectivity index (χ1n) is 9.88. The summed E-state index contributed by atoms with van der Waals surface area (Å²) in [6.45, 7) is 6.21. The summed E-state index contributed by atoms with van der Waals surface area (Å²) in [4.78, 5) is 31.5. The molecule has 0 radical (unpaired) electrons. The predicted molar refractivity (Wildman–Crippen MR) is 108 cm³/mol. The van der Waals surface area contributed by atoms with Crippen molar-refractivity contribution >= 4 is 17.5 Å². The van der Waals surface area contributed by atoms with Crippen molar-refractivity contribution < 1.29 is 19.1 Å². The van der Waals surface area contributed by atoms with E-state index in [1.165, 1.54) is 6.20 Å². The number of likely N-dealkylation sites (tertiary alicyclic amines) is 1. The van der Waals surface area contributed by atoms with Crippen molar-refractivity contribution in [2.45, 2.75) is 32.5 Å². The van der Waals surface area contributed by atoms with Crippen LogP contribution in [0.3, 0.4) is 0 Å². The zero-order valence-corrected chi connectivity index (χ0v) is 16.7. The molecule has 1 aromatic carbocycles. The van der Waals surface area contributed by atoms with Crippen molar-refractivity contribution in [3.63, 3.8) is 0 Å². The molecule has 2 fully saturated rings. The number of nitrogens with one attached hydrogen (secondary N) is 1. The minimum atomic E-state index is -0.530. The van der Waals surface area contributed by atoms with Gasteiger partial charge < -0.3 is 19.7 Å². The van der Waals surface area contributed by atoms with E-state index in [1.54, 1.807) is 17.0 Å². The van der Waals surface area contributed by atoms with Crippen molar-refractivity contribution in [2.75, 3.05) is 31.6 Å². The van der Waals surface area contributed by atoms with Crippen LogP contribution in [0.15, 0.2) is 36.5 Å². The molecule has 4 rings (SSSR count). The van der Waals surface area contributed by atoms with Gasteiger partial charge in [0, 0.05) is 43.4 Å². The van der Waals surface area contributed by atoms with Gasteiger partial charge in [0.1, 0.15) is 5.69 Å². The molecule has 29 heavy (non-hydrogen) atoms. The number of anilines is 1. The topological polar surface area (TPSA) is 80.8 Å². The number of aryl methyl sites for hydroxylation is 2. The quantitative estimate of drug-likeness (QED) is 0.864. The number of carbonyl (C=O) groups excluding carboxylic acids is 2. The number of aromatic nitrogens is 1. The van der Waals surface area contributed by atoms with Gasteiger partial charge in [-0.2, -0.15) is 0 Å². The van der Waals surface area contributed by atoms with Gasteiger partial charge in [0.25, 0.3) is 11.8 Å². The SMILES string of the molecule is Cc1ccc(C)c(NC(=O)c2ccnc(C(=O)N3CCC4(CC3)OCCO4)c2)c1. The third kappa shape index (κ3) is 4.16. The molecule has 3 heterocycles. The first kappa shape index (κ1) is 19.5. The third-order valence-electron chi connectivity index (χ3n) is 5.51. The summed E-state index contributed by atoms with van der Waals surface area (Å²) in [5.74, 6) is -0.975. The highest BCUT2D eigenvalue weighted by atomic mass is 16.7. The molecule has 1 N–H and O–H groups in total. The van der Waals surface area contributed by atoms with Crippen LogP contribution < -0.4 is 5.32 Å². The maximum atomic E-state index is 12.9. The zero-order chi connectivity index (χ0) is 20.4. The fourth-order valence-corrected chi connectivity index (χ4v) is 3.75. The molecule has 7 heteroatoms. The molecular formula is C22H25N3O4. The highest BCUT2D eigenvalue weighted by molar-refractivity contribution is 6.06. The summed E-state index contributed by atoms with van der Waals surface area (Å²) in [5.41, 5.74) is 3.48. The Labute approximate surface area is 170 Å². The first-order valence-corrected chi connectivity index (χ1v) is 9.88. The van der Waals surface area contributed by atoms with E-state index >= 15 is 0 Å². The fraction of sp³-hybridized carbons (Fsp3) is 0.409. The Bertz CT molecular complexity index is 927. The van der Waals surface area contributed by atoms with Gasteiger partial charge in [-0.3, -0.25) is 14.6 Å². The molecule has 2 aromatic rings. The van der Waals surface area contributed by atoms with E-state index in [-0.39, 0.29) is 17.5 Å². The minimum Gasteiger partial charge on any atom is -0.347 e. The molecule has 1 aromatic heterocycles. The number of carbonyl (C=O) groups is 2. The van der Waals surface area contributed by atoms with Crippen LogP contribution >= 0.6 is 0 Å². The van der Waals surface area contributed by atoms with E-state index < -0.39 is 5.79 Å². The summed E-state index contributed by atoms with van der Waals surface area (Å²) in [6, 6.07) is 9.06. The average molecular weight is 395 g/mol. The van der Waals surface area contributed by atoms with Crippen LogP contribution in [0, 0.1) is 13.8 Å². The lowest BCUT2D eigenvalue weighted by molar-refractivity contribution is -0.181. The van der Waals surface area contributed by atoms with Crippen molar-refractivity contribution in [2.24, 2.45) is 0 Å². The van der Waals surface area contributed by atoms with Crippen molar-refractivity contribution in [3.8, 4) is 0 Å². The lowest BCUT2D eigenvalue weighted by atomic mass is 10.0. The first-order chi connectivity index (χ1) is 14.0. The van der Waals surface area contributed by atoms with Crippen LogP contribution in [0.1, 0.15) is 44.8 Å². The van der Waals surface area contributed by atoms with Crippen LogP contribution in [-0.2, 0) is 9.47 Å². The summed E-state index contributed by atoms with van der Waals surface area (Å²) < 4.78 is 11.4. The number of hydrogen-bond acceptors (Lipinski definition) is 5. The Morgan fingerprint density at radius 2 is 1.79 bits per heavy atom. The highest BCUT2D eigenvalue weighted by Crippen LogP contribution is 2.31. The molecule has 7 nitrogen and oxygen atoms in total. The molecule has 0 bridgehead atoms. The predicted octanol–water partition coefficient (Wildman–Crippen LogP) is 2.93. The largest absolute Gasteiger partial charge is 0.347 e. The number of piperidine rings is 1. The molecule has 2 saturated heterocycles. The summed E-state index contributed by atoms with van der Waals surface area (Å²) in [7, 11) is 0. The van der Waals surface area contributed by atoms with Crippen LogP contribution in [0.2, 0.25) is 0 Å². The van der Waals surface area contributed by atoms with Crippen LogP contribution in [0.25, 0.3) is 0 Å². The maximum absolute atomic E-state index is 12.9. The number of amides is 2. The molecule has 0 unspecified atom stereocenters. The van der Waals surface area contributed by atoms with E-state index in [2.05, 4.69) is 10.3 Å². The number of pyridine rings is 1. The molecule has 0 saturated carbocycles. The number of ether oxygens (including phenoxy) is 2. The lowest BCUT2D eigenvalue weighted by Gasteiger charge is -2.37. The average Bonchev–Trinajstić information content (AvgIpc) is 3.19. The van der Waals surface area contributed by atoms with Crippen LogP contribution in [0.5, 0.6) is 0 Å². The normalized spacial score (nSPS) is 18.1. The molecule has 2 aliphatic heterocycles. The number of rotatable bonds is 3. The van der Waals surface area contributed by atoms with Crippen molar-refractivity contribution in [1.29, 1.82) is 0 Å². The van der Waals surface area contributed by atoms with Crippen molar-refractivity contribution in [1.82, 2.24) is 9.88 Å². The van der Waals surface area contributed by atoms with E-state index in [0.717, 1.165) is 16.8 Å². The second kappa shape index (κ2) is 7.93. The smallest absolute Gasteiger partial charge is 0.272 e. The van der Waals surface area contributed by atoms with Crippen LogP contribution in [0.4, 0.5) is 5.69 Å². The Kier molecular flexibility index (Phi) is 5.34. The molecule has 0 aliphatic carbocycles. The van der Waals surface area contributed by atoms with E-state index in [4.69, 9.17) is 9.47 Å². The Hall–Kier alpha value is -2.77. The fourth-order valence-electron chi connectivity index (χ4n) is 3.75. The molecular weight excluding hydrogens is 370 g/mol. The lowest BCUT2D eigenvalue weighted by Crippen LogP contribution is -2.47. The van der Waals surface area contributed by atoms with Gasteiger partial charge >= 0.3 is 0 Å². The van der Waals surface area contributed by atoms with Crippen LogP contribution in [-0.4, -0.2) is 53.8 Å². The van der Waals surface area contributed by atoms with Gasteiger partial charge in [-0.25, -0.2) is 0 Å². The van der Waals surface area contributed by atoms with E-state index in [9.17, 15) is 9.59 Å². The third-order valence-corrected chi connectivity index (χ3v) is 5.51. The van der Waals surface area contributed by atoms with Gasteiger partial charge in [0.05, 0.1) is 13.2 Å². The van der Waals surface area contributed by atoms with Gasteiger partial charge in [-0.15, -0.1) is 0 Å². The summed E-state index contributed by atoms with van der Waals surface area (Å²) in [6.07, 6.45) is 2.79. The monoisotopic (exact) mass is 395 g/mol. The highest BCUT2D eigenvalue weighted by Gasteiger charge is 2.41. The second-order valence-corrected chi connectivity index (χ2v) is 7.60. The molecule has 2 amide bonds. The standard InChI is InChI=1S/C22H25N3O4/c1-15-3-4-16(2)18(13-15)24-20(26)17-5-8-23-19(14-17)21(27)25-9-6-22(7-10-25)28-11-12-29-22/h3-5,8,13-14H,6-7,9-12H2,1-2H3,(H,24,26). The molecule has 152 valence electrons. The zero-order valence-electron chi connectivity index (χ0n) is 16.7. The van der Waals surface area contributed by atoms with Gasteiger partial charge in [-0.1, -0.05) is 12.1 Å². The Balaban J connectivity index is 1.45. The van der Waals surface area contributed by atoms with E-state index in [0.29, 0.717) is 44.7 Å². The number of benzene rings is 1. The molecule has 2 aliphatic rings. The number of hydrogen-bond donors (Lipinski definition) is 1. The van der Waals surface area contributed by atoms with Crippen molar-refractivity contribution in [3.05, 3.63) is 58.9 Å². The summed E-state index contributed by atoms with van der Waals surface area (Å²) in [5, 5.41) is 2.92. The molecule has 0 atom stereocenters. The number of nitrogens with zero attached hydrogens (tertiary/aromatic N) is 2. The molecule has 1 spiro atoms. The summed E-state index contributed by atoms with van der Waals surface area (Å²) >= 11 is 0. The van der Waals surface area contributed by atoms with Gasteiger partial charge in [0.2, 0.25) is 0 Å². The van der Waals surface area contributed by atoms with Gasteiger partial charge in [0.15, 0.2) is 5.79 Å². The second-order valence-electron chi connectivity index (χ2n) is 7.60. The Morgan fingerprint density at radius 1 is 1.07 bits per heavy atom.